The van der Waals surface area contributed by atoms with E-state index in [4.69, 9.17) is 0 Å². The molecule has 2 atom stereocenters. The Hall–Kier alpha value is -3.56. The number of aliphatic hydroxyl groups is 1. The highest BCUT2D eigenvalue weighted by Crippen LogP contribution is 2.43. The molecule has 2 aromatic heterocycles. The van der Waals surface area contributed by atoms with Crippen molar-refractivity contribution in [1.29, 1.82) is 0 Å². The second-order valence-electron chi connectivity index (χ2n) is 9.07. The molecular weight excluding hydrogens is 430 g/mol. The van der Waals surface area contributed by atoms with Gasteiger partial charge in [-0.2, -0.15) is 10.2 Å². The Bertz CT molecular complexity index is 1370. The quantitative estimate of drug-likeness (QED) is 0.406. The highest BCUT2D eigenvalue weighted by Gasteiger charge is 2.36. The van der Waals surface area contributed by atoms with Crippen LogP contribution in [0, 0.1) is 0 Å². The molecule has 0 spiro atoms. The third kappa shape index (κ3) is 3.57. The summed E-state index contributed by atoms with van der Waals surface area (Å²) in [5.41, 5.74) is 3.90. The fourth-order valence-electron chi connectivity index (χ4n) is 5.21. The van der Waals surface area contributed by atoms with Crippen molar-refractivity contribution >= 4 is 16.5 Å². The number of likely N-dealkylation sites (tertiary alicyclic amines) is 1. The van der Waals surface area contributed by atoms with E-state index in [-0.39, 0.29) is 24.0 Å². The van der Waals surface area contributed by atoms with E-state index < -0.39 is 0 Å². The van der Waals surface area contributed by atoms with E-state index in [1.165, 1.54) is 31.4 Å². The molecule has 9 nitrogen and oxygen atoms in total. The molecule has 3 N–H and O–H groups in total. The SMILES string of the molecule is O=c1[nH]nc2c3c(cccc13)NCC(c1ccc(CN3CCC3)cc1)C2c1ncnn1CCO. The van der Waals surface area contributed by atoms with Gasteiger partial charge in [0.25, 0.3) is 5.56 Å². The maximum absolute atomic E-state index is 12.6. The Balaban J connectivity index is 1.49. The van der Waals surface area contributed by atoms with Gasteiger partial charge in [-0.3, -0.25) is 9.69 Å². The number of hydrogen-bond acceptors (Lipinski definition) is 7. The van der Waals surface area contributed by atoms with Crippen molar-refractivity contribution in [3.63, 3.8) is 0 Å². The minimum atomic E-state index is -0.259. The molecule has 4 aromatic rings. The lowest BCUT2D eigenvalue weighted by Gasteiger charge is -2.31. The number of aromatic amines is 1. The molecule has 2 aromatic carbocycles. The molecule has 2 unspecified atom stereocenters. The van der Waals surface area contributed by atoms with Crippen LogP contribution in [0.4, 0.5) is 5.69 Å². The van der Waals surface area contributed by atoms with Crippen LogP contribution < -0.4 is 10.9 Å². The average molecular weight is 458 g/mol. The van der Waals surface area contributed by atoms with Gasteiger partial charge in [0.1, 0.15) is 12.2 Å². The first-order chi connectivity index (χ1) is 16.7. The topological polar surface area (TPSA) is 112 Å². The second-order valence-corrected chi connectivity index (χ2v) is 9.07. The van der Waals surface area contributed by atoms with Gasteiger partial charge in [0.2, 0.25) is 0 Å². The first-order valence-electron chi connectivity index (χ1n) is 11.8. The van der Waals surface area contributed by atoms with Crippen LogP contribution in [0.5, 0.6) is 0 Å². The number of H-pyrrole nitrogens is 1. The lowest BCUT2D eigenvalue weighted by atomic mass is 9.82. The van der Waals surface area contributed by atoms with Crippen LogP contribution in [0.15, 0.2) is 53.6 Å². The lowest BCUT2D eigenvalue weighted by Crippen LogP contribution is -2.36. The monoisotopic (exact) mass is 457 g/mol. The summed E-state index contributed by atoms with van der Waals surface area (Å²) in [4.78, 5) is 19.6. The zero-order valence-corrected chi connectivity index (χ0v) is 18.8. The number of nitrogens with zero attached hydrogens (tertiary/aromatic N) is 5. The highest BCUT2D eigenvalue weighted by molar-refractivity contribution is 5.96. The number of nitrogens with one attached hydrogen (secondary N) is 2. The maximum atomic E-state index is 12.6. The predicted octanol–water partition coefficient (Wildman–Crippen LogP) is 2.05. The minimum absolute atomic E-state index is 0.00583. The number of benzene rings is 2. The molecule has 9 heteroatoms. The second kappa shape index (κ2) is 8.66. The maximum Gasteiger partial charge on any atom is 0.272 e. The Labute approximate surface area is 196 Å². The molecule has 34 heavy (non-hydrogen) atoms. The van der Waals surface area contributed by atoms with Crippen LogP contribution in [-0.4, -0.2) is 61.2 Å². The average Bonchev–Trinajstić information content (AvgIpc) is 3.21. The van der Waals surface area contributed by atoms with Gasteiger partial charge in [-0.25, -0.2) is 14.8 Å². The van der Waals surface area contributed by atoms with Crippen molar-refractivity contribution < 1.29 is 5.11 Å². The summed E-state index contributed by atoms with van der Waals surface area (Å²) in [6.45, 7) is 4.26. The van der Waals surface area contributed by atoms with E-state index in [9.17, 15) is 9.90 Å². The van der Waals surface area contributed by atoms with Crippen molar-refractivity contribution in [2.45, 2.75) is 31.3 Å². The van der Waals surface area contributed by atoms with Crippen LogP contribution in [-0.2, 0) is 13.1 Å². The molecule has 0 amide bonds. The zero-order valence-electron chi connectivity index (χ0n) is 18.8. The molecule has 0 radical (unpaired) electrons. The molecule has 6 rings (SSSR count). The fourth-order valence-corrected chi connectivity index (χ4v) is 5.21. The summed E-state index contributed by atoms with van der Waals surface area (Å²) in [5, 5.41) is 26.2. The van der Waals surface area contributed by atoms with E-state index >= 15 is 0 Å². The standard InChI is InChI=1S/C25H27N7O2/c33-12-11-32-24(27-15-28-32)22-19(17-7-5-16(6-8-17)14-31-9-2-10-31)13-26-20-4-1-3-18-21(20)23(22)29-30-25(18)34/h1,3-8,15,19,22,26,33H,2,9-14H2,(H,30,34). The first-order valence-corrected chi connectivity index (χ1v) is 11.8. The number of rotatable bonds is 6. The van der Waals surface area contributed by atoms with Gasteiger partial charge in [-0.05, 0) is 42.8 Å². The number of hydrogen-bond donors (Lipinski definition) is 3. The van der Waals surface area contributed by atoms with E-state index in [0.717, 1.165) is 34.7 Å². The van der Waals surface area contributed by atoms with Gasteiger partial charge in [0.15, 0.2) is 0 Å². The van der Waals surface area contributed by atoms with E-state index in [1.54, 1.807) is 4.68 Å². The van der Waals surface area contributed by atoms with Crippen molar-refractivity contribution in [2.24, 2.45) is 0 Å². The van der Waals surface area contributed by atoms with Crippen LogP contribution in [0.3, 0.4) is 0 Å². The van der Waals surface area contributed by atoms with Gasteiger partial charge in [-0.15, -0.1) is 0 Å². The van der Waals surface area contributed by atoms with Crippen molar-refractivity contribution in [3.8, 4) is 0 Å². The Morgan fingerprint density at radius 3 is 2.74 bits per heavy atom. The smallest absolute Gasteiger partial charge is 0.272 e. The van der Waals surface area contributed by atoms with Crippen LogP contribution in [0.2, 0.25) is 0 Å². The normalized spacial score (nSPS) is 20.0. The predicted molar refractivity (Wildman–Crippen MR) is 129 cm³/mol. The fraction of sp³-hybridized carbons (Fsp3) is 0.360. The molecule has 2 aliphatic rings. The third-order valence-corrected chi connectivity index (χ3v) is 7.05. The molecule has 174 valence electrons. The Morgan fingerprint density at radius 2 is 1.97 bits per heavy atom. The molecule has 0 aliphatic carbocycles. The largest absolute Gasteiger partial charge is 0.394 e. The van der Waals surface area contributed by atoms with E-state index in [0.29, 0.717) is 18.5 Å². The molecule has 0 saturated carbocycles. The molecule has 0 bridgehead atoms. The van der Waals surface area contributed by atoms with Crippen molar-refractivity contribution in [3.05, 3.63) is 81.8 Å². The van der Waals surface area contributed by atoms with E-state index in [2.05, 4.69) is 54.8 Å². The number of aromatic nitrogens is 5. The zero-order chi connectivity index (χ0) is 23.1. The summed E-state index contributed by atoms with van der Waals surface area (Å²) >= 11 is 0. The number of aliphatic hydroxyl groups excluding tert-OH is 1. The summed E-state index contributed by atoms with van der Waals surface area (Å²) in [7, 11) is 0. The first kappa shape index (κ1) is 21.0. The third-order valence-electron chi connectivity index (χ3n) is 7.05. The van der Waals surface area contributed by atoms with Crippen LogP contribution in [0.1, 0.15) is 40.9 Å². The lowest BCUT2D eigenvalue weighted by molar-refractivity contribution is 0.172. The van der Waals surface area contributed by atoms with Gasteiger partial charge in [0, 0.05) is 30.1 Å². The summed E-state index contributed by atoms with van der Waals surface area (Å²) in [5.74, 6) is 0.461. The number of anilines is 1. The van der Waals surface area contributed by atoms with Gasteiger partial charge >= 0.3 is 0 Å². The van der Waals surface area contributed by atoms with Crippen molar-refractivity contribution in [1.82, 2.24) is 29.9 Å². The van der Waals surface area contributed by atoms with Crippen LogP contribution in [0.25, 0.3) is 10.8 Å². The minimum Gasteiger partial charge on any atom is -0.394 e. The Morgan fingerprint density at radius 1 is 1.12 bits per heavy atom. The van der Waals surface area contributed by atoms with E-state index in [1.807, 2.05) is 18.2 Å². The van der Waals surface area contributed by atoms with Crippen molar-refractivity contribution in [2.75, 3.05) is 31.6 Å². The molecule has 4 heterocycles. The molecule has 1 saturated heterocycles. The Kier molecular flexibility index (Phi) is 5.35. The van der Waals surface area contributed by atoms with Crippen LogP contribution >= 0.6 is 0 Å². The summed E-state index contributed by atoms with van der Waals surface area (Å²) in [6, 6.07) is 14.5. The highest BCUT2D eigenvalue weighted by atomic mass is 16.3. The van der Waals surface area contributed by atoms with Gasteiger partial charge < -0.3 is 10.4 Å². The molecular formula is C25H27N7O2. The summed E-state index contributed by atoms with van der Waals surface area (Å²) < 4.78 is 1.74. The molecule has 1 fully saturated rings. The molecule has 2 aliphatic heterocycles. The van der Waals surface area contributed by atoms with Gasteiger partial charge in [0.05, 0.1) is 30.1 Å². The van der Waals surface area contributed by atoms with Gasteiger partial charge in [-0.1, -0.05) is 30.3 Å². The summed E-state index contributed by atoms with van der Waals surface area (Å²) in [6.07, 6.45) is 2.80.